The number of nitrogens with zero attached hydrogens (tertiary/aromatic N) is 3. The van der Waals surface area contributed by atoms with Crippen molar-refractivity contribution in [2.45, 2.75) is 25.8 Å². The Bertz CT molecular complexity index is 1240. The van der Waals surface area contributed by atoms with E-state index < -0.39 is 11.9 Å². The highest BCUT2D eigenvalue weighted by Gasteiger charge is 2.31. The van der Waals surface area contributed by atoms with Crippen molar-refractivity contribution in [2.24, 2.45) is 10.8 Å². The molecular weight excluding hydrogens is 394 g/mol. The van der Waals surface area contributed by atoms with Gasteiger partial charge >= 0.3 is 5.97 Å². The molecular formula is C23H23N5O3. The van der Waals surface area contributed by atoms with E-state index in [0.29, 0.717) is 16.9 Å². The van der Waals surface area contributed by atoms with Crippen LogP contribution in [-0.2, 0) is 0 Å². The molecule has 2 atom stereocenters. The topological polar surface area (TPSA) is 121 Å². The molecule has 4 N–H and O–H groups in total. The van der Waals surface area contributed by atoms with Gasteiger partial charge in [-0.05, 0) is 43.7 Å². The number of benzene rings is 2. The van der Waals surface area contributed by atoms with Gasteiger partial charge in [0.25, 0.3) is 5.91 Å². The minimum atomic E-state index is -1.03. The normalized spacial score (nSPS) is 18.2. The monoisotopic (exact) mass is 417 g/mol. The molecule has 1 aliphatic rings. The van der Waals surface area contributed by atoms with Crippen molar-refractivity contribution >= 4 is 39.9 Å². The van der Waals surface area contributed by atoms with Crippen LogP contribution in [0.5, 0.6) is 0 Å². The Morgan fingerprint density at radius 1 is 1.19 bits per heavy atom. The van der Waals surface area contributed by atoms with Gasteiger partial charge < -0.3 is 16.2 Å². The number of likely N-dealkylation sites (N-methyl/N-ethyl adjacent to an activating group) is 1. The summed E-state index contributed by atoms with van der Waals surface area (Å²) in [5.74, 6) is -1.50. The molecule has 0 saturated carbocycles. The number of carboxylic acids is 1. The highest BCUT2D eigenvalue weighted by Crippen LogP contribution is 2.35. The standard InChI is InChI=1S/C23H23N5O3/c1-12-20(13(2)28(3)27-12)14-7-8-17-19(10-14)25-11-18(22(24)29)21(17)26-16-6-4-5-15(9-16)23(30)31/h4-11,13,20H,1-3H3,(H2,24,29)(H,25,26)(H,30,31). The molecule has 3 aromatic rings. The van der Waals surface area contributed by atoms with Crippen LogP contribution < -0.4 is 11.1 Å². The van der Waals surface area contributed by atoms with Crippen LogP contribution in [0, 0.1) is 0 Å². The maximum atomic E-state index is 12.1. The first-order valence-corrected chi connectivity index (χ1v) is 9.87. The molecule has 0 bridgehead atoms. The van der Waals surface area contributed by atoms with Gasteiger partial charge in [-0.1, -0.05) is 18.2 Å². The summed E-state index contributed by atoms with van der Waals surface area (Å²) in [5.41, 5.74) is 9.81. The van der Waals surface area contributed by atoms with E-state index in [0.717, 1.165) is 16.7 Å². The molecule has 8 heteroatoms. The van der Waals surface area contributed by atoms with Gasteiger partial charge in [-0.2, -0.15) is 5.10 Å². The Balaban J connectivity index is 1.81. The maximum absolute atomic E-state index is 12.1. The molecule has 1 aliphatic heterocycles. The van der Waals surface area contributed by atoms with E-state index >= 15 is 0 Å². The summed E-state index contributed by atoms with van der Waals surface area (Å²) < 4.78 is 0. The number of hydrogen-bond donors (Lipinski definition) is 3. The van der Waals surface area contributed by atoms with E-state index in [-0.39, 0.29) is 23.1 Å². The molecule has 4 rings (SSSR count). The number of rotatable bonds is 5. The van der Waals surface area contributed by atoms with E-state index in [1.165, 1.54) is 18.3 Å². The number of fused-ring (bicyclic) bond motifs is 1. The largest absolute Gasteiger partial charge is 0.478 e. The fraction of sp³-hybridized carbons (Fsp3) is 0.217. The predicted octanol–water partition coefficient (Wildman–Crippen LogP) is 3.57. The van der Waals surface area contributed by atoms with E-state index in [4.69, 9.17) is 5.73 Å². The van der Waals surface area contributed by atoms with Crippen molar-refractivity contribution in [3.63, 3.8) is 0 Å². The van der Waals surface area contributed by atoms with E-state index in [1.54, 1.807) is 12.1 Å². The van der Waals surface area contributed by atoms with Crippen LogP contribution in [0.1, 0.15) is 46.0 Å². The van der Waals surface area contributed by atoms with Gasteiger partial charge in [0.2, 0.25) is 0 Å². The number of carbonyl (C=O) groups excluding carboxylic acids is 1. The number of amides is 1. The second-order valence-corrected chi connectivity index (χ2v) is 7.73. The molecule has 0 aliphatic carbocycles. The number of primary amides is 1. The minimum absolute atomic E-state index is 0.139. The first-order chi connectivity index (χ1) is 14.8. The summed E-state index contributed by atoms with van der Waals surface area (Å²) in [5, 5.41) is 19.7. The number of pyridine rings is 1. The third kappa shape index (κ3) is 3.68. The van der Waals surface area contributed by atoms with Crippen LogP contribution in [0.3, 0.4) is 0 Å². The molecule has 31 heavy (non-hydrogen) atoms. The van der Waals surface area contributed by atoms with Crippen molar-refractivity contribution in [2.75, 3.05) is 12.4 Å². The first kappa shape index (κ1) is 20.3. The van der Waals surface area contributed by atoms with E-state index in [2.05, 4.69) is 22.3 Å². The smallest absolute Gasteiger partial charge is 0.335 e. The number of anilines is 2. The van der Waals surface area contributed by atoms with E-state index in [9.17, 15) is 14.7 Å². The van der Waals surface area contributed by atoms with Crippen LogP contribution in [-0.4, -0.2) is 45.8 Å². The van der Waals surface area contributed by atoms with E-state index in [1.807, 2.05) is 37.2 Å². The summed E-state index contributed by atoms with van der Waals surface area (Å²) >= 11 is 0. The molecule has 2 unspecified atom stereocenters. The summed E-state index contributed by atoms with van der Waals surface area (Å²) in [6.07, 6.45) is 1.45. The second kappa shape index (κ2) is 7.71. The second-order valence-electron chi connectivity index (χ2n) is 7.73. The number of carbonyl (C=O) groups is 2. The Morgan fingerprint density at radius 3 is 2.61 bits per heavy atom. The molecule has 1 amide bonds. The molecule has 0 radical (unpaired) electrons. The van der Waals surface area contributed by atoms with Gasteiger partial charge in [0.1, 0.15) is 0 Å². The molecule has 2 aromatic carbocycles. The van der Waals surface area contributed by atoms with Gasteiger partial charge in [0, 0.05) is 35.9 Å². The average Bonchev–Trinajstić information content (AvgIpc) is 2.99. The number of carboxylic acid groups (broad SMARTS) is 1. The predicted molar refractivity (Wildman–Crippen MR) is 120 cm³/mol. The van der Waals surface area contributed by atoms with Crippen LogP contribution in [0.4, 0.5) is 11.4 Å². The molecule has 2 heterocycles. The quantitative estimate of drug-likeness (QED) is 0.584. The van der Waals surface area contributed by atoms with Crippen molar-refractivity contribution in [3.05, 3.63) is 65.4 Å². The number of hydrazone groups is 1. The Hall–Kier alpha value is -3.94. The number of hydrogen-bond acceptors (Lipinski definition) is 6. The molecule has 0 saturated heterocycles. The lowest BCUT2D eigenvalue weighted by Gasteiger charge is -2.22. The van der Waals surface area contributed by atoms with Crippen LogP contribution >= 0.6 is 0 Å². The maximum Gasteiger partial charge on any atom is 0.335 e. The van der Waals surface area contributed by atoms with Crippen molar-refractivity contribution in [3.8, 4) is 0 Å². The van der Waals surface area contributed by atoms with Crippen molar-refractivity contribution in [1.29, 1.82) is 0 Å². The van der Waals surface area contributed by atoms with Gasteiger partial charge in [-0.3, -0.25) is 14.8 Å². The summed E-state index contributed by atoms with van der Waals surface area (Å²) in [7, 11) is 1.96. The summed E-state index contributed by atoms with van der Waals surface area (Å²) in [4.78, 5) is 27.8. The lowest BCUT2D eigenvalue weighted by molar-refractivity contribution is 0.0696. The van der Waals surface area contributed by atoms with Crippen LogP contribution in [0.2, 0.25) is 0 Å². The molecule has 8 nitrogen and oxygen atoms in total. The van der Waals surface area contributed by atoms with Gasteiger partial charge in [0.15, 0.2) is 0 Å². The van der Waals surface area contributed by atoms with Gasteiger partial charge in [0.05, 0.1) is 28.4 Å². The number of nitrogens with two attached hydrogens (primary N) is 1. The third-order valence-corrected chi connectivity index (χ3v) is 5.73. The fourth-order valence-corrected chi connectivity index (χ4v) is 4.09. The molecule has 1 aromatic heterocycles. The molecule has 158 valence electrons. The Kier molecular flexibility index (Phi) is 5.06. The van der Waals surface area contributed by atoms with Crippen LogP contribution in [0.15, 0.2) is 53.8 Å². The Labute approximate surface area is 179 Å². The zero-order chi connectivity index (χ0) is 22.3. The number of nitrogens with one attached hydrogen (secondary N) is 1. The third-order valence-electron chi connectivity index (χ3n) is 5.73. The number of aromatic nitrogens is 1. The number of aromatic carboxylic acids is 1. The first-order valence-electron chi connectivity index (χ1n) is 9.87. The van der Waals surface area contributed by atoms with Crippen LogP contribution in [0.25, 0.3) is 10.9 Å². The Morgan fingerprint density at radius 2 is 1.97 bits per heavy atom. The highest BCUT2D eigenvalue weighted by atomic mass is 16.4. The summed E-state index contributed by atoms with van der Waals surface area (Å²) in [6, 6.07) is 12.5. The SMILES string of the molecule is CC1=NN(C)C(C)C1c1ccc2c(Nc3cccc(C(=O)O)c3)c(C(N)=O)cnc2c1. The lowest BCUT2D eigenvalue weighted by atomic mass is 9.89. The van der Waals surface area contributed by atoms with Crippen molar-refractivity contribution in [1.82, 2.24) is 9.99 Å². The summed E-state index contributed by atoms with van der Waals surface area (Å²) in [6.45, 7) is 4.14. The minimum Gasteiger partial charge on any atom is -0.478 e. The molecule has 0 spiro atoms. The lowest BCUT2D eigenvalue weighted by Crippen LogP contribution is -2.25. The zero-order valence-electron chi connectivity index (χ0n) is 17.5. The fourth-order valence-electron chi connectivity index (χ4n) is 4.09. The zero-order valence-corrected chi connectivity index (χ0v) is 17.5. The highest BCUT2D eigenvalue weighted by molar-refractivity contribution is 6.08. The van der Waals surface area contributed by atoms with Gasteiger partial charge in [-0.25, -0.2) is 4.79 Å². The average molecular weight is 417 g/mol. The van der Waals surface area contributed by atoms with Crippen molar-refractivity contribution < 1.29 is 14.7 Å². The van der Waals surface area contributed by atoms with Gasteiger partial charge in [-0.15, -0.1) is 0 Å². The molecule has 0 fully saturated rings.